The van der Waals surface area contributed by atoms with Crippen LogP contribution < -0.4 is 5.32 Å². The summed E-state index contributed by atoms with van der Waals surface area (Å²) in [5, 5.41) is 12.3. The van der Waals surface area contributed by atoms with Crippen LogP contribution in [-0.4, -0.2) is 11.9 Å². The maximum absolute atomic E-state index is 11.7. The molecule has 3 nitrogen and oxygen atoms in total. The zero-order chi connectivity index (χ0) is 12.8. The topological polar surface area (TPSA) is 52.9 Å². The molecule has 0 saturated heterocycles. The van der Waals surface area contributed by atoms with Crippen molar-refractivity contribution in [2.24, 2.45) is 5.92 Å². The quantitative estimate of drug-likeness (QED) is 0.893. The van der Waals surface area contributed by atoms with E-state index in [2.05, 4.69) is 5.32 Å². The molecule has 4 heteroatoms. The van der Waals surface area contributed by atoms with E-state index in [0.717, 1.165) is 5.56 Å². The number of rotatable bonds is 4. The molecule has 0 spiro atoms. The van der Waals surface area contributed by atoms with Crippen LogP contribution in [0.4, 0.5) is 0 Å². The van der Waals surface area contributed by atoms with E-state index >= 15 is 0 Å². The molecule has 1 atom stereocenters. The van der Waals surface area contributed by atoms with E-state index in [4.69, 9.17) is 16.9 Å². The summed E-state index contributed by atoms with van der Waals surface area (Å²) in [5.74, 6) is -0.904. The Hall–Kier alpha value is -1.53. The molecule has 0 aliphatic rings. The lowest BCUT2D eigenvalue weighted by Gasteiger charge is -2.12. The molecule has 1 amide bonds. The van der Waals surface area contributed by atoms with Crippen molar-refractivity contribution in [1.82, 2.24) is 5.32 Å². The summed E-state index contributed by atoms with van der Waals surface area (Å²) in [6.07, 6.45) is 0.385. The number of hydrogen-bond acceptors (Lipinski definition) is 2. The summed E-state index contributed by atoms with van der Waals surface area (Å²) < 4.78 is 0. The fourth-order valence-electron chi connectivity index (χ4n) is 1.48. The summed E-state index contributed by atoms with van der Waals surface area (Å²) in [6, 6.07) is 9.27. The average molecular weight is 251 g/mol. The molecule has 1 aromatic rings. The molecule has 0 radical (unpaired) electrons. The lowest BCUT2D eigenvalue weighted by Crippen LogP contribution is -2.35. The van der Waals surface area contributed by atoms with Gasteiger partial charge in [0.05, 0.1) is 6.07 Å². The second-order valence-corrected chi connectivity index (χ2v) is 4.62. The third kappa shape index (κ3) is 4.46. The van der Waals surface area contributed by atoms with Crippen molar-refractivity contribution in [2.75, 3.05) is 0 Å². The maximum atomic E-state index is 11.7. The molecule has 0 bridgehead atoms. The van der Waals surface area contributed by atoms with Crippen LogP contribution in [0.1, 0.15) is 19.4 Å². The minimum atomic E-state index is -0.670. The first-order valence-corrected chi connectivity index (χ1v) is 5.85. The first-order valence-electron chi connectivity index (χ1n) is 5.47. The predicted octanol–water partition coefficient (Wildman–Crippen LogP) is 2.55. The van der Waals surface area contributed by atoms with Gasteiger partial charge in [0.1, 0.15) is 5.92 Å². The smallest absolute Gasteiger partial charge is 0.237 e. The molecule has 17 heavy (non-hydrogen) atoms. The third-order valence-electron chi connectivity index (χ3n) is 2.23. The van der Waals surface area contributed by atoms with Gasteiger partial charge in [0, 0.05) is 11.1 Å². The van der Waals surface area contributed by atoms with Crippen LogP contribution in [0.25, 0.3) is 0 Å². The van der Waals surface area contributed by atoms with Crippen molar-refractivity contribution < 1.29 is 4.79 Å². The molecule has 0 heterocycles. The lowest BCUT2D eigenvalue weighted by atomic mass is 9.99. The number of nitrogens with one attached hydrogen (secondary N) is 1. The van der Waals surface area contributed by atoms with Crippen LogP contribution in [0.15, 0.2) is 24.3 Å². The Morgan fingerprint density at radius 1 is 1.53 bits per heavy atom. The van der Waals surface area contributed by atoms with E-state index in [0.29, 0.717) is 11.4 Å². The molecule has 1 rings (SSSR count). The van der Waals surface area contributed by atoms with Gasteiger partial charge in [-0.1, -0.05) is 23.7 Å². The van der Waals surface area contributed by atoms with Crippen LogP contribution in [0.5, 0.6) is 0 Å². The number of nitriles is 1. The van der Waals surface area contributed by atoms with Gasteiger partial charge >= 0.3 is 0 Å². The number of carbonyl (C=O) groups is 1. The van der Waals surface area contributed by atoms with E-state index in [1.54, 1.807) is 12.1 Å². The zero-order valence-corrected chi connectivity index (χ0v) is 10.7. The SMILES string of the molecule is CC(C)NC(=O)C(C#N)Cc1cccc(Cl)c1. The summed E-state index contributed by atoms with van der Waals surface area (Å²) in [5.41, 5.74) is 0.892. The van der Waals surface area contributed by atoms with Gasteiger partial charge in [-0.05, 0) is 38.0 Å². The first-order chi connectivity index (χ1) is 8.02. The molecule has 0 aliphatic carbocycles. The number of benzene rings is 1. The number of hydrogen-bond donors (Lipinski definition) is 1. The first kappa shape index (κ1) is 13.5. The van der Waals surface area contributed by atoms with Crippen LogP contribution in [0.2, 0.25) is 5.02 Å². The van der Waals surface area contributed by atoms with E-state index in [9.17, 15) is 4.79 Å². The molecule has 1 unspecified atom stereocenters. The fourth-order valence-corrected chi connectivity index (χ4v) is 1.69. The Morgan fingerprint density at radius 3 is 2.76 bits per heavy atom. The highest BCUT2D eigenvalue weighted by Crippen LogP contribution is 2.14. The minimum Gasteiger partial charge on any atom is -0.353 e. The van der Waals surface area contributed by atoms with Gasteiger partial charge < -0.3 is 5.32 Å². The lowest BCUT2D eigenvalue weighted by molar-refractivity contribution is -0.123. The van der Waals surface area contributed by atoms with Crippen LogP contribution >= 0.6 is 11.6 Å². The molecule has 1 N–H and O–H groups in total. The van der Waals surface area contributed by atoms with Crippen molar-refractivity contribution in [3.05, 3.63) is 34.9 Å². The van der Waals surface area contributed by atoms with Crippen LogP contribution in [0.3, 0.4) is 0 Å². The highest BCUT2D eigenvalue weighted by atomic mass is 35.5. The standard InChI is InChI=1S/C13H15ClN2O/c1-9(2)16-13(17)11(8-15)6-10-4-3-5-12(14)7-10/h3-5,7,9,11H,6H2,1-2H3,(H,16,17). The molecule has 0 fully saturated rings. The Balaban J connectivity index is 2.71. The number of halogens is 1. The second-order valence-electron chi connectivity index (χ2n) is 4.18. The Bertz CT molecular complexity index is 437. The predicted molar refractivity (Wildman–Crippen MR) is 67.5 cm³/mol. The molecule has 1 aromatic carbocycles. The third-order valence-corrected chi connectivity index (χ3v) is 2.47. The van der Waals surface area contributed by atoms with E-state index < -0.39 is 5.92 Å². The molecular formula is C13H15ClN2O. The monoisotopic (exact) mass is 250 g/mol. The highest BCUT2D eigenvalue weighted by Gasteiger charge is 2.18. The van der Waals surface area contributed by atoms with Gasteiger partial charge in [-0.15, -0.1) is 0 Å². The molecule has 0 aliphatic heterocycles. The molecule has 0 saturated carbocycles. The van der Waals surface area contributed by atoms with Gasteiger partial charge in [-0.3, -0.25) is 4.79 Å². The van der Waals surface area contributed by atoms with Crippen molar-refractivity contribution >= 4 is 17.5 Å². The highest BCUT2D eigenvalue weighted by molar-refractivity contribution is 6.30. The van der Waals surface area contributed by atoms with Crippen molar-refractivity contribution in [3.63, 3.8) is 0 Å². The Kier molecular flexibility index (Phi) is 4.99. The van der Waals surface area contributed by atoms with Crippen molar-refractivity contribution in [1.29, 1.82) is 5.26 Å². The zero-order valence-electron chi connectivity index (χ0n) is 9.90. The summed E-state index contributed by atoms with van der Waals surface area (Å²) in [4.78, 5) is 11.7. The number of amides is 1. The minimum absolute atomic E-state index is 0.0395. The van der Waals surface area contributed by atoms with E-state index in [-0.39, 0.29) is 11.9 Å². The van der Waals surface area contributed by atoms with Crippen LogP contribution in [-0.2, 0) is 11.2 Å². The second kappa shape index (κ2) is 6.27. The van der Waals surface area contributed by atoms with Crippen molar-refractivity contribution in [2.45, 2.75) is 26.3 Å². The summed E-state index contributed by atoms with van der Waals surface area (Å²) in [7, 11) is 0. The fraction of sp³-hybridized carbons (Fsp3) is 0.385. The summed E-state index contributed by atoms with van der Waals surface area (Å²) >= 11 is 5.85. The van der Waals surface area contributed by atoms with Crippen LogP contribution in [0, 0.1) is 17.2 Å². The molecule has 0 aromatic heterocycles. The van der Waals surface area contributed by atoms with E-state index in [1.165, 1.54) is 0 Å². The van der Waals surface area contributed by atoms with Gasteiger partial charge in [-0.2, -0.15) is 5.26 Å². The van der Waals surface area contributed by atoms with Gasteiger partial charge in [-0.25, -0.2) is 0 Å². The maximum Gasteiger partial charge on any atom is 0.237 e. The van der Waals surface area contributed by atoms with Gasteiger partial charge in [0.2, 0.25) is 5.91 Å². The Labute approximate surface area is 106 Å². The molecule has 90 valence electrons. The average Bonchev–Trinajstić information content (AvgIpc) is 2.24. The van der Waals surface area contributed by atoms with Gasteiger partial charge in [0.15, 0.2) is 0 Å². The number of carbonyl (C=O) groups excluding carboxylic acids is 1. The summed E-state index contributed by atoms with van der Waals surface area (Å²) in [6.45, 7) is 3.73. The van der Waals surface area contributed by atoms with Gasteiger partial charge in [0.25, 0.3) is 0 Å². The van der Waals surface area contributed by atoms with E-state index in [1.807, 2.05) is 32.0 Å². The normalized spacial score (nSPS) is 11.9. The number of nitrogens with zero attached hydrogens (tertiary/aromatic N) is 1. The Morgan fingerprint density at radius 2 is 2.24 bits per heavy atom. The molecular weight excluding hydrogens is 236 g/mol. The van der Waals surface area contributed by atoms with Crippen molar-refractivity contribution in [3.8, 4) is 6.07 Å². The largest absolute Gasteiger partial charge is 0.353 e.